The van der Waals surface area contributed by atoms with E-state index in [0.29, 0.717) is 33.9 Å². The van der Waals surface area contributed by atoms with Gasteiger partial charge in [0.1, 0.15) is 5.75 Å². The van der Waals surface area contributed by atoms with Crippen LogP contribution in [0.1, 0.15) is 61.1 Å². The number of rotatable bonds is 5. The van der Waals surface area contributed by atoms with Gasteiger partial charge in [-0.25, -0.2) is 0 Å². The fourth-order valence-corrected chi connectivity index (χ4v) is 6.64. The van der Waals surface area contributed by atoms with Gasteiger partial charge in [-0.3, -0.25) is 9.69 Å². The second kappa shape index (κ2) is 10.4. The number of carbonyl (C=O) groups is 1. The van der Waals surface area contributed by atoms with Gasteiger partial charge in [-0.1, -0.05) is 36.0 Å². The van der Waals surface area contributed by atoms with Crippen LogP contribution in [0.15, 0.2) is 30.3 Å². The maximum Gasteiger partial charge on any atom is 0.238 e. The minimum Gasteiger partial charge on any atom is -0.508 e. The predicted octanol–water partition coefficient (Wildman–Crippen LogP) is 5.82. The number of nitrogens with zero attached hydrogens (tertiary/aromatic N) is 2. The Morgan fingerprint density at radius 3 is 2.38 bits per heavy atom. The average molecular weight is 502 g/mol. The standard InChI is InChI=1S/C27H33Cl2N3O2/c28-20-12-21(29)14-22(13-20)30-27(34)17-31-8-5-19-11-24(33)15-25(26(19)16-31)18-6-9-32(10-7-18)23-3-1-2-4-23/h11-15,18,23,33H,1-10,16-17H2,(H,30,34). The van der Waals surface area contributed by atoms with Gasteiger partial charge in [0.25, 0.3) is 0 Å². The second-order valence-corrected chi connectivity index (χ2v) is 11.0. The van der Waals surface area contributed by atoms with Crippen molar-refractivity contribution < 1.29 is 9.90 Å². The lowest BCUT2D eigenvalue weighted by Crippen LogP contribution is -2.40. The van der Waals surface area contributed by atoms with Crippen LogP contribution in [0, 0.1) is 0 Å². The number of hydrogen-bond donors (Lipinski definition) is 2. The molecule has 2 aromatic carbocycles. The first-order valence-electron chi connectivity index (χ1n) is 12.5. The van der Waals surface area contributed by atoms with Gasteiger partial charge in [-0.2, -0.15) is 0 Å². The Balaban J connectivity index is 1.25. The Morgan fingerprint density at radius 2 is 1.68 bits per heavy atom. The molecule has 2 aromatic rings. The van der Waals surface area contributed by atoms with Crippen molar-refractivity contribution in [1.29, 1.82) is 0 Å². The summed E-state index contributed by atoms with van der Waals surface area (Å²) >= 11 is 12.1. The fraction of sp³-hybridized carbons (Fsp3) is 0.519. The van der Waals surface area contributed by atoms with Gasteiger partial charge in [0, 0.05) is 34.9 Å². The molecule has 0 spiro atoms. The quantitative estimate of drug-likeness (QED) is 0.541. The van der Waals surface area contributed by atoms with Crippen LogP contribution in [-0.2, 0) is 17.8 Å². The fourth-order valence-electron chi connectivity index (χ4n) is 6.11. The summed E-state index contributed by atoms with van der Waals surface area (Å²) in [6.45, 7) is 4.13. The van der Waals surface area contributed by atoms with E-state index >= 15 is 0 Å². The molecule has 5 rings (SSSR count). The van der Waals surface area contributed by atoms with Crippen molar-refractivity contribution in [2.24, 2.45) is 0 Å². The highest BCUT2D eigenvalue weighted by Crippen LogP contribution is 2.38. The molecule has 1 saturated carbocycles. The number of halogens is 2. The van der Waals surface area contributed by atoms with Crippen LogP contribution < -0.4 is 5.32 Å². The van der Waals surface area contributed by atoms with Crippen LogP contribution in [0.4, 0.5) is 5.69 Å². The number of phenolic OH excluding ortho intramolecular Hbond substituents is 1. The van der Waals surface area contributed by atoms with E-state index in [1.807, 2.05) is 12.1 Å². The zero-order valence-corrected chi connectivity index (χ0v) is 21.0. The molecule has 1 amide bonds. The number of carbonyl (C=O) groups excluding carboxylic acids is 1. The lowest BCUT2D eigenvalue weighted by molar-refractivity contribution is -0.117. The second-order valence-electron chi connectivity index (χ2n) is 10.1. The van der Waals surface area contributed by atoms with Crippen molar-refractivity contribution in [2.75, 3.05) is 31.5 Å². The topological polar surface area (TPSA) is 55.8 Å². The molecular weight excluding hydrogens is 469 g/mol. The number of amides is 1. The first kappa shape index (κ1) is 23.9. The van der Waals surface area contributed by atoms with Gasteiger partial charge in [-0.15, -0.1) is 0 Å². The van der Waals surface area contributed by atoms with Crippen molar-refractivity contribution in [3.63, 3.8) is 0 Å². The van der Waals surface area contributed by atoms with Crippen LogP contribution in [0.5, 0.6) is 5.75 Å². The highest BCUT2D eigenvalue weighted by atomic mass is 35.5. The van der Waals surface area contributed by atoms with Crippen molar-refractivity contribution >= 4 is 34.8 Å². The molecule has 34 heavy (non-hydrogen) atoms. The van der Waals surface area contributed by atoms with Crippen LogP contribution in [-0.4, -0.2) is 53.0 Å². The third kappa shape index (κ3) is 5.54. The van der Waals surface area contributed by atoms with Crippen molar-refractivity contribution in [3.05, 3.63) is 57.1 Å². The zero-order valence-electron chi connectivity index (χ0n) is 19.5. The number of benzene rings is 2. The zero-order chi connectivity index (χ0) is 23.7. The Hall–Kier alpha value is -1.79. The molecule has 0 atom stereocenters. The van der Waals surface area contributed by atoms with Crippen molar-refractivity contribution in [1.82, 2.24) is 9.80 Å². The van der Waals surface area contributed by atoms with Crippen LogP contribution in [0.2, 0.25) is 10.0 Å². The predicted molar refractivity (Wildman–Crippen MR) is 138 cm³/mol. The van der Waals surface area contributed by atoms with Crippen LogP contribution in [0.25, 0.3) is 0 Å². The normalized spacial score (nSPS) is 20.4. The molecule has 3 aliphatic rings. The van der Waals surface area contributed by atoms with Gasteiger partial charge in [-0.05, 0) is 98.1 Å². The summed E-state index contributed by atoms with van der Waals surface area (Å²) in [4.78, 5) is 17.6. The lowest BCUT2D eigenvalue weighted by Gasteiger charge is -2.38. The molecule has 2 fully saturated rings. The molecule has 1 saturated heterocycles. The summed E-state index contributed by atoms with van der Waals surface area (Å²) in [5.41, 5.74) is 4.43. The van der Waals surface area contributed by atoms with Gasteiger partial charge < -0.3 is 15.3 Å². The van der Waals surface area contributed by atoms with E-state index in [1.54, 1.807) is 18.2 Å². The number of anilines is 1. The lowest BCUT2D eigenvalue weighted by atomic mass is 9.82. The SMILES string of the molecule is O=C(CN1CCc2cc(O)cc(C3CCN(C4CCCC4)CC3)c2C1)Nc1cc(Cl)cc(Cl)c1. The average Bonchev–Trinajstić information content (AvgIpc) is 3.33. The van der Waals surface area contributed by atoms with E-state index in [-0.39, 0.29) is 5.91 Å². The van der Waals surface area contributed by atoms with E-state index in [4.69, 9.17) is 23.2 Å². The molecule has 5 nitrogen and oxygen atoms in total. The molecular formula is C27H33Cl2N3O2. The van der Waals surface area contributed by atoms with E-state index < -0.39 is 0 Å². The van der Waals surface area contributed by atoms with Gasteiger partial charge in [0.2, 0.25) is 5.91 Å². The molecule has 0 unspecified atom stereocenters. The molecule has 182 valence electrons. The van der Waals surface area contributed by atoms with Crippen molar-refractivity contribution in [3.8, 4) is 5.75 Å². The molecule has 2 aliphatic heterocycles. The minimum atomic E-state index is -0.0769. The molecule has 7 heteroatoms. The molecule has 0 radical (unpaired) electrons. The number of aromatic hydroxyl groups is 1. The smallest absolute Gasteiger partial charge is 0.238 e. The van der Waals surface area contributed by atoms with Gasteiger partial charge in [0.05, 0.1) is 6.54 Å². The summed E-state index contributed by atoms with van der Waals surface area (Å²) in [5, 5.41) is 14.3. The summed E-state index contributed by atoms with van der Waals surface area (Å²) in [5.74, 6) is 0.767. The van der Waals surface area contributed by atoms with E-state index in [2.05, 4.69) is 15.1 Å². The van der Waals surface area contributed by atoms with Crippen LogP contribution in [0.3, 0.4) is 0 Å². The highest BCUT2D eigenvalue weighted by Gasteiger charge is 2.30. The van der Waals surface area contributed by atoms with E-state index in [1.165, 1.54) is 42.4 Å². The molecule has 2 heterocycles. The summed E-state index contributed by atoms with van der Waals surface area (Å²) in [6, 6.07) is 9.73. The summed E-state index contributed by atoms with van der Waals surface area (Å²) in [6.07, 6.45) is 8.57. The first-order valence-corrected chi connectivity index (χ1v) is 13.3. The van der Waals surface area contributed by atoms with Gasteiger partial charge >= 0.3 is 0 Å². The van der Waals surface area contributed by atoms with E-state index in [9.17, 15) is 9.90 Å². The Kier molecular flexibility index (Phi) is 7.35. The third-order valence-electron chi connectivity index (χ3n) is 7.76. The number of fused-ring (bicyclic) bond motifs is 1. The maximum atomic E-state index is 12.7. The molecule has 2 N–H and O–H groups in total. The summed E-state index contributed by atoms with van der Waals surface area (Å²) in [7, 11) is 0. The van der Waals surface area contributed by atoms with E-state index in [0.717, 1.165) is 51.5 Å². The monoisotopic (exact) mass is 501 g/mol. The summed E-state index contributed by atoms with van der Waals surface area (Å²) < 4.78 is 0. The highest BCUT2D eigenvalue weighted by molar-refractivity contribution is 6.35. The molecule has 1 aliphatic carbocycles. The maximum absolute atomic E-state index is 12.7. The minimum absolute atomic E-state index is 0.0769. The Labute approximate surface area is 212 Å². The molecule has 0 bridgehead atoms. The largest absolute Gasteiger partial charge is 0.508 e. The Morgan fingerprint density at radius 1 is 0.971 bits per heavy atom. The first-order chi connectivity index (χ1) is 16.4. The number of likely N-dealkylation sites (tertiary alicyclic amines) is 1. The van der Waals surface area contributed by atoms with Crippen LogP contribution >= 0.6 is 23.2 Å². The number of hydrogen-bond acceptors (Lipinski definition) is 4. The van der Waals surface area contributed by atoms with Crippen molar-refractivity contribution in [2.45, 2.75) is 63.5 Å². The molecule has 0 aromatic heterocycles. The Bertz CT molecular complexity index is 1030. The van der Waals surface area contributed by atoms with Gasteiger partial charge in [0.15, 0.2) is 0 Å². The third-order valence-corrected chi connectivity index (χ3v) is 8.20. The number of piperidine rings is 1. The number of nitrogens with one attached hydrogen (secondary N) is 1. The number of phenols is 1.